The van der Waals surface area contributed by atoms with Gasteiger partial charge in [-0.15, -0.1) is 0 Å². The Kier molecular flexibility index (Phi) is 5.30. The number of carbonyl (C=O) groups is 1. The smallest absolute Gasteiger partial charge is 0.203 e. The van der Waals surface area contributed by atoms with Crippen LogP contribution in [-0.2, 0) is 0 Å². The minimum Gasteiger partial charge on any atom is -0.496 e. The number of nitrogens with zero attached hydrogens (tertiary/aromatic N) is 1. The number of H-pyrrole nitrogens is 1. The molecular weight excluding hydrogens is 348 g/mol. The highest BCUT2D eigenvalue weighted by molar-refractivity contribution is 5.96. The van der Waals surface area contributed by atoms with Crippen LogP contribution in [0.4, 0.5) is 0 Å². The van der Waals surface area contributed by atoms with E-state index >= 15 is 0 Å². The molecule has 3 aromatic rings. The minimum absolute atomic E-state index is 0.388. The molecule has 1 aromatic heterocycles. The van der Waals surface area contributed by atoms with E-state index in [9.17, 15) is 4.79 Å². The molecule has 2 aromatic carbocycles. The van der Waals surface area contributed by atoms with Crippen molar-refractivity contribution in [3.8, 4) is 45.4 Å². The number of hydrogen-bond donors (Lipinski definition) is 1. The second kappa shape index (κ2) is 7.82. The summed E-state index contributed by atoms with van der Waals surface area (Å²) in [6.45, 7) is 0. The van der Waals surface area contributed by atoms with Crippen LogP contribution in [0.25, 0.3) is 22.4 Å². The zero-order valence-corrected chi connectivity index (χ0v) is 15.5. The van der Waals surface area contributed by atoms with Crippen LogP contribution in [0.1, 0.15) is 10.4 Å². The molecule has 0 saturated carbocycles. The Hall–Kier alpha value is -3.48. The van der Waals surface area contributed by atoms with Gasteiger partial charge in [0.2, 0.25) is 5.75 Å². The second-order valence-corrected chi connectivity index (χ2v) is 5.61. The molecule has 0 atom stereocenters. The Morgan fingerprint density at radius 3 is 2.19 bits per heavy atom. The summed E-state index contributed by atoms with van der Waals surface area (Å²) in [6.07, 6.45) is 2.43. The van der Waals surface area contributed by atoms with Gasteiger partial charge < -0.3 is 18.9 Å². The van der Waals surface area contributed by atoms with E-state index in [-0.39, 0.29) is 0 Å². The molecule has 0 radical (unpaired) electrons. The van der Waals surface area contributed by atoms with Gasteiger partial charge in [0.05, 0.1) is 34.1 Å². The predicted octanol–water partition coefficient (Wildman–Crippen LogP) is 3.59. The maximum Gasteiger partial charge on any atom is 0.203 e. The van der Waals surface area contributed by atoms with Gasteiger partial charge in [-0.05, 0) is 30.3 Å². The van der Waals surface area contributed by atoms with E-state index in [4.69, 9.17) is 18.9 Å². The van der Waals surface area contributed by atoms with Crippen LogP contribution in [0, 0.1) is 0 Å². The van der Waals surface area contributed by atoms with Gasteiger partial charge >= 0.3 is 0 Å². The van der Waals surface area contributed by atoms with Gasteiger partial charge in [0.15, 0.2) is 17.8 Å². The van der Waals surface area contributed by atoms with Crippen LogP contribution in [0.2, 0.25) is 0 Å². The quantitative estimate of drug-likeness (QED) is 0.642. The number of methoxy groups -OCH3 is 4. The first-order valence-corrected chi connectivity index (χ1v) is 8.14. The molecule has 0 aliphatic heterocycles. The van der Waals surface area contributed by atoms with E-state index in [1.807, 2.05) is 24.3 Å². The topological polar surface area (TPSA) is 82.7 Å². The maximum atomic E-state index is 11.8. The molecule has 0 aliphatic rings. The first kappa shape index (κ1) is 18.3. The largest absolute Gasteiger partial charge is 0.496 e. The Bertz CT molecular complexity index is 952. The molecule has 0 fully saturated rings. The van der Waals surface area contributed by atoms with Gasteiger partial charge in [0.1, 0.15) is 5.75 Å². The number of aromatic nitrogens is 2. The molecule has 0 aliphatic carbocycles. The van der Waals surface area contributed by atoms with E-state index in [1.165, 1.54) is 21.3 Å². The van der Waals surface area contributed by atoms with E-state index < -0.39 is 0 Å². The van der Waals surface area contributed by atoms with Crippen molar-refractivity contribution in [1.29, 1.82) is 0 Å². The van der Waals surface area contributed by atoms with Crippen LogP contribution in [0.3, 0.4) is 0 Å². The standard InChI is InChI=1S/C20H20N2O5/c1-24-16-6-5-12(15-7-8-21-22-15)9-14(16)18-13(11-23)10-17(25-2)19(26-3)20(18)27-4/h5-11H,1-4H3,(H,21,22). The summed E-state index contributed by atoms with van der Waals surface area (Å²) >= 11 is 0. The summed E-state index contributed by atoms with van der Waals surface area (Å²) in [4.78, 5) is 11.8. The van der Waals surface area contributed by atoms with E-state index in [2.05, 4.69) is 10.2 Å². The van der Waals surface area contributed by atoms with E-state index in [0.29, 0.717) is 39.7 Å². The third-order valence-electron chi connectivity index (χ3n) is 4.27. The molecular formula is C20H20N2O5. The highest BCUT2D eigenvalue weighted by Gasteiger charge is 2.24. The molecule has 0 bridgehead atoms. The molecule has 1 heterocycles. The normalized spacial score (nSPS) is 10.4. The molecule has 0 amide bonds. The van der Waals surface area contributed by atoms with Crippen molar-refractivity contribution in [2.45, 2.75) is 0 Å². The predicted molar refractivity (Wildman–Crippen MR) is 101 cm³/mol. The number of carbonyl (C=O) groups excluding carboxylic acids is 1. The zero-order valence-electron chi connectivity index (χ0n) is 15.5. The average molecular weight is 368 g/mol. The number of hydrogen-bond acceptors (Lipinski definition) is 6. The molecule has 7 heteroatoms. The summed E-state index contributed by atoms with van der Waals surface area (Å²) in [5.74, 6) is 1.78. The molecule has 0 unspecified atom stereocenters. The summed E-state index contributed by atoms with van der Waals surface area (Å²) in [6, 6.07) is 9.12. The number of aromatic amines is 1. The lowest BCUT2D eigenvalue weighted by atomic mass is 9.95. The van der Waals surface area contributed by atoms with Crippen LogP contribution in [0.15, 0.2) is 36.5 Å². The van der Waals surface area contributed by atoms with E-state index in [0.717, 1.165) is 17.5 Å². The number of benzene rings is 2. The fourth-order valence-corrected chi connectivity index (χ4v) is 3.03. The molecule has 27 heavy (non-hydrogen) atoms. The Morgan fingerprint density at radius 2 is 1.63 bits per heavy atom. The summed E-state index contributed by atoms with van der Waals surface area (Å²) in [5.41, 5.74) is 3.36. The zero-order chi connectivity index (χ0) is 19.4. The summed E-state index contributed by atoms with van der Waals surface area (Å²) < 4.78 is 21.9. The number of nitrogens with one attached hydrogen (secondary N) is 1. The number of aldehydes is 1. The molecule has 140 valence electrons. The first-order valence-electron chi connectivity index (χ1n) is 8.14. The number of ether oxygens (including phenoxy) is 4. The molecule has 0 saturated heterocycles. The Morgan fingerprint density at radius 1 is 0.889 bits per heavy atom. The molecule has 3 rings (SSSR count). The monoisotopic (exact) mass is 368 g/mol. The van der Waals surface area contributed by atoms with Crippen molar-refractivity contribution in [3.05, 3.63) is 42.1 Å². The van der Waals surface area contributed by atoms with Crippen LogP contribution in [0.5, 0.6) is 23.0 Å². The van der Waals surface area contributed by atoms with Crippen molar-refractivity contribution in [3.63, 3.8) is 0 Å². The van der Waals surface area contributed by atoms with Gasteiger partial charge in [0, 0.05) is 28.5 Å². The van der Waals surface area contributed by atoms with Gasteiger partial charge in [-0.3, -0.25) is 9.89 Å². The lowest BCUT2D eigenvalue weighted by Crippen LogP contribution is -2.01. The van der Waals surface area contributed by atoms with Crippen molar-refractivity contribution >= 4 is 6.29 Å². The highest BCUT2D eigenvalue weighted by Crippen LogP contribution is 2.49. The number of rotatable bonds is 7. The van der Waals surface area contributed by atoms with E-state index in [1.54, 1.807) is 19.4 Å². The second-order valence-electron chi connectivity index (χ2n) is 5.61. The van der Waals surface area contributed by atoms with Crippen LogP contribution >= 0.6 is 0 Å². The lowest BCUT2D eigenvalue weighted by molar-refractivity contribution is 0.112. The van der Waals surface area contributed by atoms with Crippen molar-refractivity contribution in [1.82, 2.24) is 10.2 Å². The first-order chi connectivity index (χ1) is 13.2. The maximum absolute atomic E-state index is 11.8. The Labute approximate surface area is 156 Å². The SMILES string of the molecule is COc1ccc(-c2ccn[nH]2)cc1-c1c(C=O)cc(OC)c(OC)c1OC. The van der Waals surface area contributed by atoms with Gasteiger partial charge in [0.25, 0.3) is 0 Å². The molecule has 1 N–H and O–H groups in total. The van der Waals surface area contributed by atoms with Gasteiger partial charge in [-0.1, -0.05) is 0 Å². The van der Waals surface area contributed by atoms with Crippen molar-refractivity contribution in [2.24, 2.45) is 0 Å². The summed E-state index contributed by atoms with van der Waals surface area (Å²) in [7, 11) is 6.11. The molecule has 0 spiro atoms. The van der Waals surface area contributed by atoms with Gasteiger partial charge in [-0.25, -0.2) is 0 Å². The fraction of sp³-hybridized carbons (Fsp3) is 0.200. The lowest BCUT2D eigenvalue weighted by Gasteiger charge is -2.19. The third-order valence-corrected chi connectivity index (χ3v) is 4.27. The summed E-state index contributed by atoms with van der Waals surface area (Å²) in [5, 5.41) is 6.92. The van der Waals surface area contributed by atoms with Crippen LogP contribution in [-0.4, -0.2) is 44.9 Å². The highest BCUT2D eigenvalue weighted by atomic mass is 16.5. The van der Waals surface area contributed by atoms with Gasteiger partial charge in [-0.2, -0.15) is 5.10 Å². The minimum atomic E-state index is 0.388. The van der Waals surface area contributed by atoms with Crippen LogP contribution < -0.4 is 18.9 Å². The Balaban J connectivity index is 2.35. The third kappa shape index (κ3) is 3.19. The average Bonchev–Trinajstić information content (AvgIpc) is 3.26. The fourth-order valence-electron chi connectivity index (χ4n) is 3.03. The molecule has 7 nitrogen and oxygen atoms in total. The van der Waals surface area contributed by atoms with Crippen molar-refractivity contribution < 1.29 is 23.7 Å². The van der Waals surface area contributed by atoms with Crippen molar-refractivity contribution in [2.75, 3.05) is 28.4 Å².